The first kappa shape index (κ1) is 13.7. The number of benzene rings is 1. The summed E-state index contributed by atoms with van der Waals surface area (Å²) in [6.45, 7) is 1.14. The van der Waals surface area contributed by atoms with Crippen LogP contribution in [0.1, 0.15) is 24.8 Å². The average Bonchev–Trinajstić information content (AvgIpc) is 2.38. The molecule has 0 spiro atoms. The number of piperidine rings is 1. The summed E-state index contributed by atoms with van der Waals surface area (Å²) in [7, 11) is 0. The molecule has 1 amide bonds. The highest BCUT2D eigenvalue weighted by molar-refractivity contribution is 5.78. The van der Waals surface area contributed by atoms with Crippen LogP contribution in [0.15, 0.2) is 30.3 Å². The number of carbonyl (C=O) groups is 1. The van der Waals surface area contributed by atoms with Gasteiger partial charge in [-0.2, -0.15) is 0 Å². The Hall–Kier alpha value is -1.68. The van der Waals surface area contributed by atoms with E-state index in [9.17, 15) is 14.3 Å². The van der Waals surface area contributed by atoms with Gasteiger partial charge < -0.3 is 10.0 Å². The molecule has 0 aliphatic carbocycles. The second-order valence-corrected chi connectivity index (χ2v) is 4.80. The molecule has 1 atom stereocenters. The smallest absolute Gasteiger partial charge is 0.226 e. The van der Waals surface area contributed by atoms with Crippen LogP contribution in [-0.2, 0) is 4.79 Å². The van der Waals surface area contributed by atoms with Crippen LogP contribution in [0, 0.1) is 5.82 Å². The predicted molar refractivity (Wildman–Crippen MR) is 71.9 cm³/mol. The van der Waals surface area contributed by atoms with Gasteiger partial charge in [-0.25, -0.2) is 4.39 Å². The molecule has 1 aromatic rings. The number of aliphatic hydroxyl groups excluding tert-OH is 1. The Morgan fingerprint density at radius 3 is 3.11 bits per heavy atom. The summed E-state index contributed by atoms with van der Waals surface area (Å²) in [5.74, 6) is -0.279. The summed E-state index contributed by atoms with van der Waals surface area (Å²) in [5.41, 5.74) is 0.742. The Bertz CT molecular complexity index is 473. The third-order valence-electron chi connectivity index (χ3n) is 3.20. The van der Waals surface area contributed by atoms with E-state index in [0.717, 1.165) is 18.4 Å². The Kier molecular flexibility index (Phi) is 4.68. The first-order valence-electron chi connectivity index (χ1n) is 6.53. The van der Waals surface area contributed by atoms with E-state index in [1.807, 2.05) is 0 Å². The topological polar surface area (TPSA) is 40.5 Å². The lowest BCUT2D eigenvalue weighted by atomic mass is 10.1. The van der Waals surface area contributed by atoms with Crippen LogP contribution in [0.2, 0.25) is 0 Å². The van der Waals surface area contributed by atoms with E-state index >= 15 is 0 Å². The van der Waals surface area contributed by atoms with Crippen molar-refractivity contribution in [2.24, 2.45) is 0 Å². The zero-order chi connectivity index (χ0) is 13.7. The number of likely N-dealkylation sites (tertiary alicyclic amines) is 1. The molecule has 1 aliphatic rings. The van der Waals surface area contributed by atoms with Gasteiger partial charge in [-0.05, 0) is 30.5 Å². The highest BCUT2D eigenvalue weighted by Gasteiger charge is 2.20. The van der Waals surface area contributed by atoms with Crippen molar-refractivity contribution in [2.75, 3.05) is 13.1 Å². The van der Waals surface area contributed by atoms with Crippen LogP contribution >= 0.6 is 0 Å². The highest BCUT2D eigenvalue weighted by atomic mass is 19.1. The lowest BCUT2D eigenvalue weighted by molar-refractivity contribution is -0.133. The zero-order valence-electron chi connectivity index (χ0n) is 10.8. The fourth-order valence-corrected chi connectivity index (χ4v) is 2.22. The van der Waals surface area contributed by atoms with Crippen molar-refractivity contribution in [1.82, 2.24) is 4.90 Å². The van der Waals surface area contributed by atoms with Crippen LogP contribution in [-0.4, -0.2) is 35.1 Å². The Morgan fingerprint density at radius 2 is 2.37 bits per heavy atom. The van der Waals surface area contributed by atoms with E-state index in [-0.39, 0.29) is 18.1 Å². The molecule has 1 N–H and O–H groups in total. The number of hydrogen-bond acceptors (Lipinski definition) is 2. The Morgan fingerprint density at radius 1 is 1.53 bits per heavy atom. The number of halogens is 1. The molecule has 1 heterocycles. The lowest BCUT2D eigenvalue weighted by Crippen LogP contribution is -2.41. The summed E-state index contributed by atoms with van der Waals surface area (Å²) in [6, 6.07) is 6.23. The van der Waals surface area contributed by atoms with Gasteiger partial charge in [0.25, 0.3) is 0 Å². The number of amides is 1. The SMILES string of the molecule is O=C(CC=Cc1cccc(F)c1)N1CCCC(O)C1. The molecule has 2 rings (SSSR count). The van der Waals surface area contributed by atoms with Crippen molar-refractivity contribution in [2.45, 2.75) is 25.4 Å². The molecular formula is C15H18FNO2. The van der Waals surface area contributed by atoms with Crippen molar-refractivity contribution < 1.29 is 14.3 Å². The minimum absolute atomic E-state index is 0.00593. The van der Waals surface area contributed by atoms with Gasteiger partial charge in [0, 0.05) is 19.5 Å². The minimum atomic E-state index is -0.398. The Balaban J connectivity index is 1.86. The summed E-state index contributed by atoms with van der Waals surface area (Å²) in [4.78, 5) is 13.6. The molecule has 19 heavy (non-hydrogen) atoms. The molecular weight excluding hydrogens is 245 g/mol. The van der Waals surface area contributed by atoms with E-state index < -0.39 is 6.10 Å². The largest absolute Gasteiger partial charge is 0.391 e. The van der Waals surface area contributed by atoms with E-state index in [0.29, 0.717) is 13.1 Å². The summed E-state index contributed by atoms with van der Waals surface area (Å²) in [5, 5.41) is 9.51. The normalized spacial score (nSPS) is 19.9. The summed E-state index contributed by atoms with van der Waals surface area (Å²) in [6.07, 6.45) is 4.97. The maximum Gasteiger partial charge on any atom is 0.226 e. The molecule has 4 heteroatoms. The molecule has 0 saturated carbocycles. The van der Waals surface area contributed by atoms with Gasteiger partial charge in [0.2, 0.25) is 5.91 Å². The molecule has 1 saturated heterocycles. The molecule has 3 nitrogen and oxygen atoms in total. The van der Waals surface area contributed by atoms with Crippen molar-refractivity contribution in [1.29, 1.82) is 0 Å². The number of β-amino-alcohol motifs (C(OH)–C–C–N with tert-alkyl or cyclic N) is 1. The molecule has 1 aliphatic heterocycles. The molecule has 1 aromatic carbocycles. The maximum atomic E-state index is 13.0. The number of hydrogen-bond donors (Lipinski definition) is 1. The van der Waals surface area contributed by atoms with Crippen molar-refractivity contribution in [3.63, 3.8) is 0 Å². The van der Waals surface area contributed by atoms with E-state index in [1.165, 1.54) is 12.1 Å². The first-order chi connectivity index (χ1) is 9.15. The summed E-state index contributed by atoms with van der Waals surface area (Å²) >= 11 is 0. The fourth-order valence-electron chi connectivity index (χ4n) is 2.22. The minimum Gasteiger partial charge on any atom is -0.391 e. The van der Waals surface area contributed by atoms with Crippen molar-refractivity contribution in [3.8, 4) is 0 Å². The monoisotopic (exact) mass is 263 g/mol. The van der Waals surface area contributed by atoms with E-state index in [2.05, 4.69) is 0 Å². The molecule has 1 unspecified atom stereocenters. The van der Waals surface area contributed by atoms with E-state index in [4.69, 9.17) is 0 Å². The molecule has 0 bridgehead atoms. The number of rotatable bonds is 3. The van der Waals surface area contributed by atoms with Crippen LogP contribution in [0.4, 0.5) is 4.39 Å². The number of aliphatic hydroxyl groups is 1. The van der Waals surface area contributed by atoms with Gasteiger partial charge >= 0.3 is 0 Å². The molecule has 102 valence electrons. The fraction of sp³-hybridized carbons (Fsp3) is 0.400. The number of carbonyl (C=O) groups excluding carboxylic acids is 1. The standard InChI is InChI=1S/C15H18FNO2/c16-13-6-1-4-12(10-13)5-2-8-15(19)17-9-3-7-14(18)11-17/h1-2,4-6,10,14,18H,3,7-9,11H2. The zero-order valence-corrected chi connectivity index (χ0v) is 10.8. The third-order valence-corrected chi connectivity index (χ3v) is 3.20. The van der Waals surface area contributed by atoms with Crippen LogP contribution in [0.5, 0.6) is 0 Å². The van der Waals surface area contributed by atoms with Gasteiger partial charge in [0.15, 0.2) is 0 Å². The van der Waals surface area contributed by atoms with Gasteiger partial charge in [-0.1, -0.05) is 24.3 Å². The van der Waals surface area contributed by atoms with Gasteiger partial charge in [-0.3, -0.25) is 4.79 Å². The highest BCUT2D eigenvalue weighted by Crippen LogP contribution is 2.12. The average molecular weight is 263 g/mol. The van der Waals surface area contributed by atoms with Crippen LogP contribution in [0.25, 0.3) is 6.08 Å². The molecule has 1 fully saturated rings. The maximum absolute atomic E-state index is 13.0. The van der Waals surface area contributed by atoms with Crippen molar-refractivity contribution in [3.05, 3.63) is 41.7 Å². The van der Waals surface area contributed by atoms with Crippen LogP contribution < -0.4 is 0 Å². The third kappa shape index (κ3) is 4.17. The second kappa shape index (κ2) is 6.48. The molecule has 0 aromatic heterocycles. The van der Waals surface area contributed by atoms with Gasteiger partial charge in [0.1, 0.15) is 5.82 Å². The first-order valence-corrected chi connectivity index (χ1v) is 6.53. The van der Waals surface area contributed by atoms with Gasteiger partial charge in [0.05, 0.1) is 6.10 Å². The van der Waals surface area contributed by atoms with Crippen molar-refractivity contribution >= 4 is 12.0 Å². The van der Waals surface area contributed by atoms with Crippen LogP contribution in [0.3, 0.4) is 0 Å². The quantitative estimate of drug-likeness (QED) is 0.908. The van der Waals surface area contributed by atoms with Gasteiger partial charge in [-0.15, -0.1) is 0 Å². The summed E-state index contributed by atoms with van der Waals surface area (Å²) < 4.78 is 13.0. The molecule has 0 radical (unpaired) electrons. The second-order valence-electron chi connectivity index (χ2n) is 4.80. The Labute approximate surface area is 112 Å². The predicted octanol–water partition coefficient (Wildman–Crippen LogP) is 2.21. The van der Waals surface area contributed by atoms with E-state index in [1.54, 1.807) is 29.2 Å². The number of nitrogens with zero attached hydrogens (tertiary/aromatic N) is 1. The lowest BCUT2D eigenvalue weighted by Gasteiger charge is -2.29.